The Labute approximate surface area is 210 Å². The first-order chi connectivity index (χ1) is 17.6. The number of benzene rings is 6. The molecule has 1 aliphatic heterocycles. The SMILES string of the molecule is CC1(C)c2cc(-c3cc4c5c(cccc5c3)Oc3ccccc3-4)ccc2-c2cc3ccccc3cc21. The molecule has 6 aromatic carbocycles. The summed E-state index contributed by atoms with van der Waals surface area (Å²) in [6, 6.07) is 39.9. The molecule has 0 bridgehead atoms. The molecule has 2 aliphatic rings. The molecule has 6 aromatic rings. The minimum atomic E-state index is -0.0522. The van der Waals surface area contributed by atoms with Crippen LogP contribution in [0.4, 0.5) is 0 Å². The quantitative estimate of drug-likeness (QED) is 0.237. The van der Waals surface area contributed by atoms with Crippen molar-refractivity contribution in [3.05, 3.63) is 120 Å². The van der Waals surface area contributed by atoms with Gasteiger partial charge in [0.15, 0.2) is 0 Å². The molecule has 1 heteroatoms. The number of hydrogen-bond acceptors (Lipinski definition) is 1. The summed E-state index contributed by atoms with van der Waals surface area (Å²) in [6.07, 6.45) is 0. The lowest BCUT2D eigenvalue weighted by atomic mass is 9.81. The summed E-state index contributed by atoms with van der Waals surface area (Å²) in [4.78, 5) is 0. The molecule has 0 saturated carbocycles. The summed E-state index contributed by atoms with van der Waals surface area (Å²) in [5, 5.41) is 5.02. The van der Waals surface area contributed by atoms with E-state index in [2.05, 4.69) is 117 Å². The predicted molar refractivity (Wildman–Crippen MR) is 150 cm³/mol. The molecule has 0 atom stereocenters. The fraction of sp³-hybridized carbons (Fsp3) is 0.0857. The number of hydrogen-bond donors (Lipinski definition) is 0. The van der Waals surface area contributed by atoms with Crippen LogP contribution in [0.15, 0.2) is 109 Å². The van der Waals surface area contributed by atoms with Crippen molar-refractivity contribution in [3.8, 4) is 44.9 Å². The van der Waals surface area contributed by atoms with Crippen molar-refractivity contribution in [3.63, 3.8) is 0 Å². The minimum Gasteiger partial charge on any atom is -0.456 e. The second kappa shape index (κ2) is 6.86. The van der Waals surface area contributed by atoms with Crippen LogP contribution in [0.3, 0.4) is 0 Å². The summed E-state index contributed by atoms with van der Waals surface area (Å²) in [7, 11) is 0. The van der Waals surface area contributed by atoms with Crippen molar-refractivity contribution in [2.45, 2.75) is 19.3 Å². The van der Waals surface area contributed by atoms with E-state index in [9.17, 15) is 0 Å². The molecule has 0 saturated heterocycles. The van der Waals surface area contributed by atoms with Gasteiger partial charge in [-0.3, -0.25) is 0 Å². The van der Waals surface area contributed by atoms with Gasteiger partial charge >= 0.3 is 0 Å². The third-order valence-electron chi connectivity index (χ3n) is 8.21. The lowest BCUT2D eigenvalue weighted by Crippen LogP contribution is -2.15. The first kappa shape index (κ1) is 19.9. The average molecular weight is 461 g/mol. The normalized spacial score (nSPS) is 14.3. The van der Waals surface area contributed by atoms with Crippen LogP contribution in [0.5, 0.6) is 11.5 Å². The highest BCUT2D eigenvalue weighted by Gasteiger charge is 2.36. The number of rotatable bonds is 1. The Balaban J connectivity index is 1.35. The van der Waals surface area contributed by atoms with Gasteiger partial charge in [0.05, 0.1) is 0 Å². The van der Waals surface area contributed by atoms with Gasteiger partial charge in [0, 0.05) is 16.4 Å². The summed E-state index contributed by atoms with van der Waals surface area (Å²) in [5.74, 6) is 1.86. The monoisotopic (exact) mass is 460 g/mol. The fourth-order valence-electron chi connectivity index (χ4n) is 6.36. The highest BCUT2D eigenvalue weighted by Crippen LogP contribution is 2.52. The molecular weight excluding hydrogens is 436 g/mol. The van der Waals surface area contributed by atoms with Crippen LogP contribution < -0.4 is 4.74 Å². The van der Waals surface area contributed by atoms with E-state index in [1.54, 1.807) is 0 Å². The van der Waals surface area contributed by atoms with Crippen LogP contribution in [-0.4, -0.2) is 0 Å². The molecule has 0 amide bonds. The van der Waals surface area contributed by atoms with Gasteiger partial charge in [-0.2, -0.15) is 0 Å². The third-order valence-corrected chi connectivity index (χ3v) is 8.21. The van der Waals surface area contributed by atoms with Crippen molar-refractivity contribution >= 4 is 21.5 Å². The van der Waals surface area contributed by atoms with Crippen LogP contribution >= 0.6 is 0 Å². The number of ether oxygens (including phenoxy) is 1. The molecule has 170 valence electrons. The number of fused-ring (bicyclic) bond motifs is 6. The summed E-state index contributed by atoms with van der Waals surface area (Å²) >= 11 is 0. The second-order valence-electron chi connectivity index (χ2n) is 10.6. The molecule has 0 spiro atoms. The molecule has 0 N–H and O–H groups in total. The third kappa shape index (κ3) is 2.60. The zero-order valence-electron chi connectivity index (χ0n) is 20.3. The lowest BCUT2D eigenvalue weighted by molar-refractivity contribution is 0.487. The van der Waals surface area contributed by atoms with E-state index >= 15 is 0 Å². The Bertz CT molecular complexity index is 1890. The highest BCUT2D eigenvalue weighted by atomic mass is 16.5. The van der Waals surface area contributed by atoms with Crippen LogP contribution in [-0.2, 0) is 5.41 Å². The Morgan fingerprint density at radius 1 is 0.472 bits per heavy atom. The lowest BCUT2D eigenvalue weighted by Gasteiger charge is -2.23. The molecule has 36 heavy (non-hydrogen) atoms. The van der Waals surface area contributed by atoms with Gasteiger partial charge in [0.25, 0.3) is 0 Å². The van der Waals surface area contributed by atoms with Gasteiger partial charge < -0.3 is 4.74 Å². The molecule has 0 radical (unpaired) electrons. The second-order valence-corrected chi connectivity index (χ2v) is 10.6. The van der Waals surface area contributed by atoms with E-state index in [1.165, 1.54) is 60.5 Å². The minimum absolute atomic E-state index is 0.0522. The molecule has 0 aromatic heterocycles. The van der Waals surface area contributed by atoms with E-state index < -0.39 is 0 Å². The summed E-state index contributed by atoms with van der Waals surface area (Å²) < 4.78 is 6.25. The van der Waals surface area contributed by atoms with E-state index in [4.69, 9.17) is 4.74 Å². The van der Waals surface area contributed by atoms with Crippen molar-refractivity contribution in [2.75, 3.05) is 0 Å². The standard InChI is InChI=1S/C35H24O/c1-35(2)30-20-23(14-15-26(30)28-17-21-8-3-4-9-22(21)19-31(28)35)25-16-24-10-7-13-33-34(24)29(18-25)27-11-5-6-12-32(27)36-33/h3-20H,1-2H3. The molecular formula is C35H24O. The molecule has 1 heterocycles. The van der Waals surface area contributed by atoms with E-state index in [0.717, 1.165) is 17.1 Å². The van der Waals surface area contributed by atoms with Crippen LogP contribution in [0, 0.1) is 0 Å². The fourth-order valence-corrected chi connectivity index (χ4v) is 6.36. The maximum absolute atomic E-state index is 6.25. The van der Waals surface area contributed by atoms with Gasteiger partial charge in [-0.25, -0.2) is 0 Å². The van der Waals surface area contributed by atoms with Crippen molar-refractivity contribution in [2.24, 2.45) is 0 Å². The topological polar surface area (TPSA) is 9.23 Å². The first-order valence-corrected chi connectivity index (χ1v) is 12.6. The van der Waals surface area contributed by atoms with E-state index in [1.807, 2.05) is 6.07 Å². The molecule has 0 unspecified atom stereocenters. The van der Waals surface area contributed by atoms with Crippen molar-refractivity contribution in [1.29, 1.82) is 0 Å². The van der Waals surface area contributed by atoms with Gasteiger partial charge in [-0.05, 0) is 97.6 Å². The number of para-hydroxylation sites is 1. The largest absolute Gasteiger partial charge is 0.456 e. The Morgan fingerprint density at radius 2 is 1.19 bits per heavy atom. The molecule has 0 fully saturated rings. The average Bonchev–Trinajstić information content (AvgIpc) is 3.13. The Morgan fingerprint density at radius 3 is 2.08 bits per heavy atom. The van der Waals surface area contributed by atoms with Crippen LogP contribution in [0.1, 0.15) is 25.0 Å². The Hall–Kier alpha value is -4.36. The zero-order valence-corrected chi connectivity index (χ0v) is 20.3. The zero-order chi connectivity index (χ0) is 24.0. The van der Waals surface area contributed by atoms with E-state index in [-0.39, 0.29) is 5.41 Å². The smallest absolute Gasteiger partial charge is 0.135 e. The van der Waals surface area contributed by atoms with Crippen LogP contribution in [0.25, 0.3) is 54.9 Å². The Kier molecular flexibility index (Phi) is 3.79. The predicted octanol–water partition coefficient (Wildman–Crippen LogP) is 9.74. The van der Waals surface area contributed by atoms with E-state index in [0.29, 0.717) is 0 Å². The molecule has 1 aliphatic carbocycles. The summed E-state index contributed by atoms with van der Waals surface area (Å²) in [5.41, 5.74) is 10.4. The highest BCUT2D eigenvalue weighted by molar-refractivity contribution is 6.06. The first-order valence-electron chi connectivity index (χ1n) is 12.6. The molecule has 1 nitrogen and oxygen atoms in total. The van der Waals surface area contributed by atoms with Crippen LogP contribution in [0.2, 0.25) is 0 Å². The van der Waals surface area contributed by atoms with Gasteiger partial charge in [0.1, 0.15) is 11.5 Å². The van der Waals surface area contributed by atoms with Gasteiger partial charge in [-0.15, -0.1) is 0 Å². The maximum Gasteiger partial charge on any atom is 0.135 e. The van der Waals surface area contributed by atoms with Crippen molar-refractivity contribution < 1.29 is 4.74 Å². The summed E-state index contributed by atoms with van der Waals surface area (Å²) in [6.45, 7) is 4.72. The maximum atomic E-state index is 6.25. The van der Waals surface area contributed by atoms with Gasteiger partial charge in [0.2, 0.25) is 0 Å². The van der Waals surface area contributed by atoms with Gasteiger partial charge in [-0.1, -0.05) is 80.6 Å². The van der Waals surface area contributed by atoms with Crippen molar-refractivity contribution in [1.82, 2.24) is 0 Å². The molecule has 8 rings (SSSR count).